The van der Waals surface area contributed by atoms with Gasteiger partial charge in [0.1, 0.15) is 5.75 Å². The number of nitrogens with zero attached hydrogens (tertiary/aromatic N) is 1. The van der Waals surface area contributed by atoms with Crippen LogP contribution in [0.1, 0.15) is 18.4 Å². The number of hydrogen-bond acceptors (Lipinski definition) is 5. The Hall–Kier alpha value is -1.77. The van der Waals surface area contributed by atoms with Gasteiger partial charge >= 0.3 is 13.2 Å². The van der Waals surface area contributed by atoms with E-state index in [9.17, 15) is 4.79 Å². The third-order valence-corrected chi connectivity index (χ3v) is 4.44. The number of carboxylic acid groups (broad SMARTS) is 1. The molecule has 1 aromatic rings. The topological polar surface area (TPSA) is 77.5 Å². The average Bonchev–Trinajstić information content (AvgIpc) is 2.62. The molecule has 1 saturated heterocycles. The van der Waals surface area contributed by atoms with Crippen LogP contribution in [0, 0.1) is 5.92 Å². The van der Waals surface area contributed by atoms with Crippen molar-refractivity contribution in [1.29, 1.82) is 0 Å². The monoisotopic (exact) mass is 351 g/mol. The molecular weight excluding hydrogens is 325 g/mol. The van der Waals surface area contributed by atoms with E-state index in [0.29, 0.717) is 32.2 Å². The molecule has 8 heteroatoms. The summed E-state index contributed by atoms with van der Waals surface area (Å²) in [4.78, 5) is 12.4. The number of amides is 1. The zero-order valence-corrected chi connectivity index (χ0v) is 15.1. The van der Waals surface area contributed by atoms with Crippen LogP contribution in [0.25, 0.3) is 0 Å². The zero-order chi connectivity index (χ0) is 18.2. The van der Waals surface area contributed by atoms with Gasteiger partial charge in [-0.2, -0.15) is 0 Å². The standard InChI is InChI=1S/C17H26BNO6/c1-22-12-14-10-15(18(23-2)24-3)4-5-16(14)25-11-13-6-8-19(9-7-13)17(20)21/h4-5,10,13H,6-9,11-12H2,1-3H3,(H,20,21). The SMILES string of the molecule is COCc1cc(B(OC)OC)ccc1OCC1CCN(C(=O)O)CC1. The molecule has 1 heterocycles. The van der Waals surface area contributed by atoms with E-state index in [-0.39, 0.29) is 0 Å². The average molecular weight is 351 g/mol. The summed E-state index contributed by atoms with van der Waals surface area (Å²) in [6, 6.07) is 5.78. The molecule has 138 valence electrons. The second kappa shape index (κ2) is 9.65. The second-order valence-electron chi connectivity index (χ2n) is 6.13. The van der Waals surface area contributed by atoms with E-state index in [0.717, 1.165) is 29.6 Å². The lowest BCUT2D eigenvalue weighted by Gasteiger charge is -2.30. The van der Waals surface area contributed by atoms with Gasteiger partial charge in [-0.25, -0.2) is 4.79 Å². The Morgan fingerprint density at radius 3 is 2.48 bits per heavy atom. The van der Waals surface area contributed by atoms with Crippen LogP contribution in [0.5, 0.6) is 5.75 Å². The van der Waals surface area contributed by atoms with Crippen LogP contribution in [0.3, 0.4) is 0 Å². The molecule has 0 saturated carbocycles. The summed E-state index contributed by atoms with van der Waals surface area (Å²) in [5.74, 6) is 1.13. The van der Waals surface area contributed by atoms with Gasteiger partial charge in [-0.05, 0) is 30.3 Å². The van der Waals surface area contributed by atoms with Crippen molar-refractivity contribution < 1.29 is 28.7 Å². The van der Waals surface area contributed by atoms with Gasteiger partial charge in [-0.15, -0.1) is 0 Å². The van der Waals surface area contributed by atoms with E-state index in [2.05, 4.69) is 0 Å². The van der Waals surface area contributed by atoms with Gasteiger partial charge in [0.2, 0.25) is 0 Å². The first-order valence-electron chi connectivity index (χ1n) is 8.37. The highest BCUT2D eigenvalue weighted by Gasteiger charge is 2.23. The number of methoxy groups -OCH3 is 1. The van der Waals surface area contributed by atoms with Crippen LogP contribution in [0.2, 0.25) is 0 Å². The lowest BCUT2D eigenvalue weighted by Crippen LogP contribution is -2.38. The van der Waals surface area contributed by atoms with Gasteiger partial charge < -0.3 is 28.8 Å². The summed E-state index contributed by atoms with van der Waals surface area (Å²) >= 11 is 0. The highest BCUT2D eigenvalue weighted by molar-refractivity contribution is 6.61. The molecular formula is C17H26BNO6. The molecule has 2 rings (SSSR count). The molecule has 1 aliphatic rings. The number of benzene rings is 1. The van der Waals surface area contributed by atoms with Crippen molar-refractivity contribution in [3.8, 4) is 5.75 Å². The van der Waals surface area contributed by atoms with Gasteiger partial charge in [-0.1, -0.05) is 12.1 Å². The first-order chi connectivity index (χ1) is 12.1. The van der Waals surface area contributed by atoms with Crippen molar-refractivity contribution in [3.05, 3.63) is 23.8 Å². The lowest BCUT2D eigenvalue weighted by molar-refractivity contribution is 0.110. The van der Waals surface area contributed by atoms with E-state index in [4.69, 9.17) is 23.9 Å². The molecule has 1 fully saturated rings. The molecule has 0 spiro atoms. The Bertz CT molecular complexity index is 558. The summed E-state index contributed by atoms with van der Waals surface area (Å²) in [6.45, 7) is 2.13. The molecule has 0 radical (unpaired) electrons. The van der Waals surface area contributed by atoms with E-state index in [1.165, 1.54) is 4.90 Å². The summed E-state index contributed by atoms with van der Waals surface area (Å²) in [5.41, 5.74) is 1.83. The molecule has 1 N–H and O–H groups in total. The molecule has 0 bridgehead atoms. The van der Waals surface area contributed by atoms with Crippen LogP contribution in [0.15, 0.2) is 18.2 Å². The molecule has 1 aromatic carbocycles. The number of ether oxygens (including phenoxy) is 2. The Balaban J connectivity index is 1.98. The number of hydrogen-bond donors (Lipinski definition) is 1. The maximum Gasteiger partial charge on any atom is 0.493 e. The van der Waals surface area contributed by atoms with Crippen LogP contribution >= 0.6 is 0 Å². The van der Waals surface area contributed by atoms with Crippen molar-refractivity contribution in [2.45, 2.75) is 19.4 Å². The fourth-order valence-electron chi connectivity index (χ4n) is 3.02. The van der Waals surface area contributed by atoms with Crippen LogP contribution in [-0.4, -0.2) is 64.2 Å². The lowest BCUT2D eigenvalue weighted by atomic mass is 9.78. The Labute approximate surface area is 149 Å². The summed E-state index contributed by atoms with van der Waals surface area (Å²) in [5, 5.41) is 9.00. The molecule has 0 aromatic heterocycles. The third kappa shape index (κ3) is 5.35. The van der Waals surface area contributed by atoms with Crippen molar-refractivity contribution in [3.63, 3.8) is 0 Å². The highest BCUT2D eigenvalue weighted by atomic mass is 16.6. The molecule has 7 nitrogen and oxygen atoms in total. The van der Waals surface area contributed by atoms with Gasteiger partial charge in [0.15, 0.2) is 0 Å². The Morgan fingerprint density at radius 2 is 1.92 bits per heavy atom. The molecule has 1 amide bonds. The fraction of sp³-hybridized carbons (Fsp3) is 0.588. The van der Waals surface area contributed by atoms with E-state index in [1.807, 2.05) is 18.2 Å². The summed E-state index contributed by atoms with van der Waals surface area (Å²) in [7, 11) is 4.41. The smallest absolute Gasteiger partial charge is 0.493 e. The summed E-state index contributed by atoms with van der Waals surface area (Å²) < 4.78 is 21.8. The minimum atomic E-state index is -0.844. The van der Waals surface area contributed by atoms with E-state index in [1.54, 1.807) is 21.3 Å². The predicted molar refractivity (Wildman–Crippen MR) is 94.4 cm³/mol. The quantitative estimate of drug-likeness (QED) is 0.717. The normalized spacial score (nSPS) is 15.2. The zero-order valence-electron chi connectivity index (χ0n) is 15.1. The number of piperidine rings is 1. The Morgan fingerprint density at radius 1 is 1.24 bits per heavy atom. The van der Waals surface area contributed by atoms with Crippen LogP contribution in [-0.2, 0) is 20.7 Å². The number of likely N-dealkylation sites (tertiary alicyclic amines) is 1. The fourth-order valence-corrected chi connectivity index (χ4v) is 3.02. The maximum atomic E-state index is 11.0. The first kappa shape index (κ1) is 19.6. The largest absolute Gasteiger partial charge is 0.493 e. The van der Waals surface area contributed by atoms with Crippen LogP contribution < -0.4 is 10.2 Å². The van der Waals surface area contributed by atoms with Crippen molar-refractivity contribution >= 4 is 18.7 Å². The van der Waals surface area contributed by atoms with Gasteiger partial charge in [0.25, 0.3) is 0 Å². The maximum absolute atomic E-state index is 11.0. The van der Waals surface area contributed by atoms with Gasteiger partial charge in [0.05, 0.1) is 13.2 Å². The van der Waals surface area contributed by atoms with E-state index < -0.39 is 13.2 Å². The second-order valence-corrected chi connectivity index (χ2v) is 6.13. The molecule has 0 unspecified atom stereocenters. The highest BCUT2D eigenvalue weighted by Crippen LogP contribution is 2.22. The van der Waals surface area contributed by atoms with Crippen LogP contribution in [0.4, 0.5) is 4.79 Å². The summed E-state index contributed by atoms with van der Waals surface area (Å²) in [6.07, 6.45) is 0.793. The van der Waals surface area contributed by atoms with E-state index >= 15 is 0 Å². The van der Waals surface area contributed by atoms with Gasteiger partial charge in [0, 0.05) is 40.0 Å². The predicted octanol–water partition coefficient (Wildman–Crippen LogP) is 1.59. The minimum Gasteiger partial charge on any atom is -0.493 e. The van der Waals surface area contributed by atoms with Crippen molar-refractivity contribution in [2.75, 3.05) is 41.0 Å². The van der Waals surface area contributed by atoms with Crippen molar-refractivity contribution in [1.82, 2.24) is 4.90 Å². The van der Waals surface area contributed by atoms with Gasteiger partial charge in [-0.3, -0.25) is 0 Å². The molecule has 25 heavy (non-hydrogen) atoms. The molecule has 1 aliphatic heterocycles. The minimum absolute atomic E-state index is 0.358. The third-order valence-electron chi connectivity index (χ3n) is 4.44. The Kier molecular flexibility index (Phi) is 7.55. The first-order valence-corrected chi connectivity index (χ1v) is 8.37. The number of rotatable bonds is 8. The number of carbonyl (C=O) groups is 1. The molecule has 0 atom stereocenters. The molecule has 0 aliphatic carbocycles. The van der Waals surface area contributed by atoms with Crippen molar-refractivity contribution in [2.24, 2.45) is 5.92 Å².